The Morgan fingerprint density at radius 2 is 1.81 bits per heavy atom. The molecule has 1 aromatic heterocycles. The number of aromatic nitrogens is 1. The molecule has 138 valence electrons. The fraction of sp³-hybridized carbons (Fsp3) is 0.250. The second-order valence-corrected chi connectivity index (χ2v) is 5.89. The average Bonchev–Trinajstić information content (AvgIpc) is 2.66. The Bertz CT molecular complexity index is 840. The summed E-state index contributed by atoms with van der Waals surface area (Å²) in [7, 11) is 3.48. The Hall–Kier alpha value is -2.34. The van der Waals surface area contributed by atoms with Crippen LogP contribution < -0.4 is 15.4 Å². The van der Waals surface area contributed by atoms with Gasteiger partial charge in [-0.2, -0.15) is 0 Å². The first kappa shape index (κ1) is 20.0. The Kier molecular flexibility index (Phi) is 7.21. The molecule has 3 N–H and O–H groups in total. The summed E-state index contributed by atoms with van der Waals surface area (Å²) in [5, 5.41) is 17.3. The Balaban J connectivity index is 0.00000243. The molecule has 0 aliphatic carbocycles. The number of nitrogens with one attached hydrogen (secondary N) is 2. The van der Waals surface area contributed by atoms with E-state index in [1.165, 1.54) is 0 Å². The van der Waals surface area contributed by atoms with Gasteiger partial charge in [-0.1, -0.05) is 18.2 Å². The number of fused-ring (bicyclic) bond motifs is 1. The Morgan fingerprint density at radius 1 is 1.08 bits per heavy atom. The lowest BCUT2D eigenvalue weighted by molar-refractivity contribution is 0.187. The number of methoxy groups -OCH3 is 1. The van der Waals surface area contributed by atoms with Gasteiger partial charge in [-0.25, -0.2) is 4.98 Å². The molecule has 3 aromatic rings. The normalized spacial score (nSPS) is 11.7. The van der Waals surface area contributed by atoms with Crippen LogP contribution in [-0.4, -0.2) is 43.4 Å². The Morgan fingerprint density at radius 3 is 2.50 bits per heavy atom. The number of rotatable bonds is 7. The molecule has 3 rings (SSSR count). The van der Waals surface area contributed by atoms with Crippen LogP contribution in [0.5, 0.6) is 5.75 Å². The minimum atomic E-state index is -0.457. The van der Waals surface area contributed by atoms with Gasteiger partial charge < -0.3 is 20.5 Å². The smallest absolute Gasteiger partial charge is 0.118 e. The molecule has 6 heteroatoms. The average molecular weight is 374 g/mol. The molecule has 26 heavy (non-hydrogen) atoms. The fourth-order valence-electron chi connectivity index (χ4n) is 2.77. The summed E-state index contributed by atoms with van der Waals surface area (Å²) in [5.41, 5.74) is 3.78. The molecule has 1 atom stereocenters. The summed E-state index contributed by atoms with van der Waals surface area (Å²) in [4.78, 5) is 4.77. The first-order valence-electron chi connectivity index (χ1n) is 8.32. The lowest BCUT2D eigenvalue weighted by Crippen LogP contribution is -2.30. The second kappa shape index (κ2) is 9.38. The summed E-state index contributed by atoms with van der Waals surface area (Å²) in [5.74, 6) is 0.818. The largest absolute Gasteiger partial charge is 0.497 e. The quantitative estimate of drug-likeness (QED) is 0.593. The van der Waals surface area contributed by atoms with Gasteiger partial charge in [-0.3, -0.25) is 0 Å². The van der Waals surface area contributed by atoms with E-state index in [-0.39, 0.29) is 12.4 Å². The number of aliphatic hydroxyl groups excluding tert-OH is 1. The summed E-state index contributed by atoms with van der Waals surface area (Å²) < 4.78 is 5.22. The number of pyridine rings is 1. The molecule has 0 radical (unpaired) electrons. The number of para-hydroxylation sites is 1. The van der Waals surface area contributed by atoms with Crippen LogP contribution in [0.15, 0.2) is 54.6 Å². The van der Waals surface area contributed by atoms with Crippen LogP contribution in [-0.2, 0) is 0 Å². The zero-order chi connectivity index (χ0) is 17.6. The summed E-state index contributed by atoms with van der Waals surface area (Å²) in [6.07, 6.45) is -0.457. The molecule has 0 saturated heterocycles. The number of ether oxygens (including phenoxy) is 1. The van der Waals surface area contributed by atoms with Gasteiger partial charge in [0.1, 0.15) is 5.75 Å². The van der Waals surface area contributed by atoms with Crippen LogP contribution in [0.25, 0.3) is 22.2 Å². The number of benzene rings is 2. The molecule has 0 aliphatic heterocycles. The van der Waals surface area contributed by atoms with Crippen molar-refractivity contribution >= 4 is 29.0 Å². The zero-order valence-corrected chi connectivity index (χ0v) is 15.7. The highest BCUT2D eigenvalue weighted by atomic mass is 35.5. The van der Waals surface area contributed by atoms with Gasteiger partial charge in [0.05, 0.1) is 24.4 Å². The minimum absolute atomic E-state index is 0. The predicted octanol–water partition coefficient (Wildman–Crippen LogP) is 3.32. The van der Waals surface area contributed by atoms with Gasteiger partial charge >= 0.3 is 0 Å². The number of anilines is 1. The molecule has 0 amide bonds. The number of halogens is 1. The maximum absolute atomic E-state index is 9.97. The van der Waals surface area contributed by atoms with E-state index in [0.29, 0.717) is 13.1 Å². The van der Waals surface area contributed by atoms with Crippen LogP contribution in [0.2, 0.25) is 0 Å². The molecule has 0 aliphatic rings. The molecule has 2 aromatic carbocycles. The second-order valence-electron chi connectivity index (χ2n) is 5.89. The van der Waals surface area contributed by atoms with Crippen LogP contribution >= 0.6 is 12.4 Å². The van der Waals surface area contributed by atoms with Crippen molar-refractivity contribution in [2.45, 2.75) is 6.10 Å². The van der Waals surface area contributed by atoms with Gasteiger partial charge in [0.25, 0.3) is 0 Å². The van der Waals surface area contributed by atoms with Crippen LogP contribution in [0, 0.1) is 0 Å². The van der Waals surface area contributed by atoms with Crippen molar-refractivity contribution in [1.82, 2.24) is 10.3 Å². The van der Waals surface area contributed by atoms with Crippen molar-refractivity contribution < 1.29 is 9.84 Å². The molecule has 0 bridgehead atoms. The van der Waals surface area contributed by atoms with E-state index in [1.807, 2.05) is 61.6 Å². The monoisotopic (exact) mass is 373 g/mol. The zero-order valence-electron chi connectivity index (χ0n) is 14.9. The van der Waals surface area contributed by atoms with Gasteiger partial charge in [0.15, 0.2) is 0 Å². The molecule has 5 nitrogen and oxygen atoms in total. The fourth-order valence-corrected chi connectivity index (χ4v) is 2.77. The highest BCUT2D eigenvalue weighted by molar-refractivity contribution is 5.93. The molecule has 1 heterocycles. The third-order valence-electron chi connectivity index (χ3n) is 4.07. The van der Waals surface area contributed by atoms with E-state index in [0.717, 1.165) is 33.6 Å². The maximum atomic E-state index is 9.97. The van der Waals surface area contributed by atoms with Gasteiger partial charge in [-0.05, 0) is 43.4 Å². The predicted molar refractivity (Wildman–Crippen MR) is 109 cm³/mol. The van der Waals surface area contributed by atoms with Crippen molar-refractivity contribution in [3.8, 4) is 17.0 Å². The first-order chi connectivity index (χ1) is 12.2. The highest BCUT2D eigenvalue weighted by Gasteiger charge is 2.09. The molecular weight excluding hydrogens is 350 g/mol. The van der Waals surface area contributed by atoms with Gasteiger partial charge in [0.2, 0.25) is 0 Å². The van der Waals surface area contributed by atoms with Crippen molar-refractivity contribution in [2.75, 3.05) is 32.6 Å². The molecule has 0 fully saturated rings. The van der Waals surface area contributed by atoms with Gasteiger partial charge in [0, 0.05) is 29.7 Å². The summed E-state index contributed by atoms with van der Waals surface area (Å²) >= 11 is 0. The molecular formula is C20H24ClN3O2. The number of hydrogen-bond donors (Lipinski definition) is 3. The van der Waals surface area contributed by atoms with E-state index in [1.54, 1.807) is 7.11 Å². The van der Waals surface area contributed by atoms with E-state index in [9.17, 15) is 5.11 Å². The third-order valence-corrected chi connectivity index (χ3v) is 4.07. The highest BCUT2D eigenvalue weighted by Crippen LogP contribution is 2.29. The Labute approximate surface area is 159 Å². The van der Waals surface area contributed by atoms with Crippen LogP contribution in [0.1, 0.15) is 0 Å². The van der Waals surface area contributed by atoms with E-state index in [2.05, 4.69) is 10.6 Å². The number of aliphatic hydroxyl groups is 1. The van der Waals surface area contributed by atoms with Crippen molar-refractivity contribution in [3.63, 3.8) is 0 Å². The van der Waals surface area contributed by atoms with Gasteiger partial charge in [-0.15, -0.1) is 12.4 Å². The van der Waals surface area contributed by atoms with Crippen molar-refractivity contribution in [3.05, 3.63) is 54.6 Å². The maximum Gasteiger partial charge on any atom is 0.118 e. The minimum Gasteiger partial charge on any atom is -0.497 e. The topological polar surface area (TPSA) is 66.4 Å². The lowest BCUT2D eigenvalue weighted by atomic mass is 10.1. The van der Waals surface area contributed by atoms with E-state index in [4.69, 9.17) is 9.72 Å². The lowest BCUT2D eigenvalue weighted by Gasteiger charge is -2.15. The van der Waals surface area contributed by atoms with Crippen molar-refractivity contribution in [1.29, 1.82) is 0 Å². The van der Waals surface area contributed by atoms with Crippen LogP contribution in [0.3, 0.4) is 0 Å². The van der Waals surface area contributed by atoms with Crippen molar-refractivity contribution in [2.24, 2.45) is 0 Å². The van der Waals surface area contributed by atoms with E-state index < -0.39 is 6.10 Å². The molecule has 0 spiro atoms. The first-order valence-corrected chi connectivity index (χ1v) is 8.32. The number of hydrogen-bond acceptors (Lipinski definition) is 5. The summed E-state index contributed by atoms with van der Waals surface area (Å²) in [6.45, 7) is 1.01. The molecule has 0 saturated carbocycles. The molecule has 0 unspecified atom stereocenters. The SMILES string of the molecule is CNC[C@H](O)CNc1cc(-c2ccc(OC)cc2)nc2ccccc12.Cl. The third kappa shape index (κ3) is 4.64. The standard InChI is InChI=1S/C20H23N3O2.ClH/c1-21-12-15(24)13-22-20-11-19(14-7-9-16(25-2)10-8-14)23-18-6-4-3-5-17(18)20;/h3-11,15,21,24H,12-13H2,1-2H3,(H,22,23);1H/t15-;/m0./s1. The number of nitrogens with zero attached hydrogens (tertiary/aromatic N) is 1. The van der Waals surface area contributed by atoms with Crippen LogP contribution in [0.4, 0.5) is 5.69 Å². The summed E-state index contributed by atoms with van der Waals surface area (Å²) in [6, 6.07) is 17.9. The van der Waals surface area contributed by atoms with E-state index >= 15 is 0 Å². The number of likely N-dealkylation sites (N-methyl/N-ethyl adjacent to an activating group) is 1.